The third-order valence-corrected chi connectivity index (χ3v) is 5.83. The maximum atomic E-state index is 12.3. The van der Waals surface area contributed by atoms with Gasteiger partial charge in [-0.3, -0.25) is 4.79 Å². The summed E-state index contributed by atoms with van der Waals surface area (Å²) in [4.78, 5) is 19.5. The van der Waals surface area contributed by atoms with Gasteiger partial charge in [0.15, 0.2) is 10.5 Å². The number of thiophene rings is 1. The second-order valence-corrected chi connectivity index (χ2v) is 7.97. The van der Waals surface area contributed by atoms with Crippen molar-refractivity contribution in [3.05, 3.63) is 27.4 Å². The van der Waals surface area contributed by atoms with Gasteiger partial charge in [-0.2, -0.15) is 19.8 Å². The molecule has 1 N–H and O–H groups in total. The number of nitrogens with one attached hydrogen (secondary N) is 1. The van der Waals surface area contributed by atoms with Crippen molar-refractivity contribution in [2.45, 2.75) is 26.2 Å². The normalized spacial score (nSPS) is 12.5. The zero-order chi connectivity index (χ0) is 15.5. The minimum Gasteiger partial charge on any atom is -0.265 e. The smallest absolute Gasteiger partial charge is 0.265 e. The summed E-state index contributed by atoms with van der Waals surface area (Å²) in [6.45, 7) is 6.52. The minimum absolute atomic E-state index is 0.0965. The Kier molecular flexibility index (Phi) is 2.73. The first-order chi connectivity index (χ1) is 10.4. The molecule has 7 nitrogen and oxygen atoms in total. The molecule has 4 aromatic heterocycles. The molecule has 0 amide bonds. The van der Waals surface area contributed by atoms with Crippen LogP contribution in [0.3, 0.4) is 0 Å². The lowest BCUT2D eigenvalue weighted by Crippen LogP contribution is -2.15. The Morgan fingerprint density at radius 2 is 2.00 bits per heavy atom. The standard InChI is InChI=1S/C13H12N6OS2/c1-13(2,3)7-5-4-6(21-7)10-17-19-11(20)8-9(16-18-15-8)14-12(19)22-10/h4-5H,1-3H3,(H,15,16,18). The Morgan fingerprint density at radius 3 is 2.73 bits per heavy atom. The first-order valence-electron chi connectivity index (χ1n) is 6.64. The Morgan fingerprint density at radius 1 is 1.18 bits per heavy atom. The van der Waals surface area contributed by atoms with Crippen LogP contribution in [0.25, 0.3) is 26.0 Å². The van der Waals surface area contributed by atoms with Gasteiger partial charge in [0.25, 0.3) is 0 Å². The van der Waals surface area contributed by atoms with E-state index in [1.54, 1.807) is 11.3 Å². The van der Waals surface area contributed by atoms with Crippen LogP contribution < -0.4 is 5.56 Å². The summed E-state index contributed by atoms with van der Waals surface area (Å²) in [6.07, 6.45) is 0. The number of hydrogen-bond acceptors (Lipinski definition) is 7. The van der Waals surface area contributed by atoms with E-state index in [0.717, 1.165) is 9.88 Å². The average Bonchev–Trinajstić information content (AvgIpc) is 3.16. The van der Waals surface area contributed by atoms with Gasteiger partial charge in [-0.25, -0.2) is 0 Å². The number of aromatic amines is 1. The van der Waals surface area contributed by atoms with Gasteiger partial charge in [-0.15, -0.1) is 21.5 Å². The highest BCUT2D eigenvalue weighted by atomic mass is 32.1. The maximum Gasteiger partial charge on any atom is 0.305 e. The molecular formula is C13H12N6OS2. The van der Waals surface area contributed by atoms with Crippen LogP contribution in [0.15, 0.2) is 16.9 Å². The number of aromatic nitrogens is 6. The van der Waals surface area contributed by atoms with E-state index in [1.807, 2.05) is 6.07 Å². The zero-order valence-electron chi connectivity index (χ0n) is 12.1. The molecule has 9 heteroatoms. The van der Waals surface area contributed by atoms with Gasteiger partial charge in [0, 0.05) is 4.88 Å². The van der Waals surface area contributed by atoms with Crippen molar-refractivity contribution in [3.63, 3.8) is 0 Å². The van der Waals surface area contributed by atoms with E-state index in [0.29, 0.717) is 10.6 Å². The van der Waals surface area contributed by atoms with Crippen molar-refractivity contribution in [3.8, 4) is 9.88 Å². The lowest BCUT2D eigenvalue weighted by Gasteiger charge is -2.15. The van der Waals surface area contributed by atoms with Gasteiger partial charge in [-0.05, 0) is 17.5 Å². The highest BCUT2D eigenvalue weighted by Crippen LogP contribution is 2.36. The molecular weight excluding hydrogens is 320 g/mol. The van der Waals surface area contributed by atoms with E-state index in [1.165, 1.54) is 20.7 Å². The molecule has 0 aromatic carbocycles. The maximum absolute atomic E-state index is 12.3. The van der Waals surface area contributed by atoms with Gasteiger partial charge in [0.2, 0.25) is 10.6 Å². The Labute approximate surface area is 132 Å². The van der Waals surface area contributed by atoms with Gasteiger partial charge in [0.05, 0.1) is 4.88 Å². The summed E-state index contributed by atoms with van der Waals surface area (Å²) in [5, 5.41) is 15.3. The molecule has 0 fully saturated rings. The second kappa shape index (κ2) is 4.43. The van der Waals surface area contributed by atoms with Crippen molar-refractivity contribution >= 4 is 38.8 Å². The molecule has 0 atom stereocenters. The monoisotopic (exact) mass is 332 g/mol. The molecule has 0 saturated heterocycles. The summed E-state index contributed by atoms with van der Waals surface area (Å²) in [5.41, 5.74) is 0.320. The van der Waals surface area contributed by atoms with Gasteiger partial charge >= 0.3 is 5.56 Å². The Balaban J connectivity index is 1.91. The summed E-state index contributed by atoms with van der Waals surface area (Å²) in [5.74, 6) is 0. The lowest BCUT2D eigenvalue weighted by molar-refractivity contribution is 0.604. The first-order valence-corrected chi connectivity index (χ1v) is 8.28. The third-order valence-electron chi connectivity index (χ3n) is 3.24. The molecule has 0 aliphatic heterocycles. The molecule has 0 aliphatic carbocycles. The minimum atomic E-state index is -0.302. The van der Waals surface area contributed by atoms with Crippen LogP contribution in [0.2, 0.25) is 0 Å². The molecule has 0 bridgehead atoms. The number of H-pyrrole nitrogens is 1. The molecule has 0 aliphatic rings. The van der Waals surface area contributed by atoms with Crippen molar-refractivity contribution in [2.24, 2.45) is 0 Å². The topological polar surface area (TPSA) is 88.8 Å². The summed E-state index contributed by atoms with van der Waals surface area (Å²) in [6, 6.07) is 4.15. The van der Waals surface area contributed by atoms with Crippen LogP contribution >= 0.6 is 22.7 Å². The Hall–Kier alpha value is -2.13. The van der Waals surface area contributed by atoms with Crippen LogP contribution in [-0.2, 0) is 5.41 Å². The van der Waals surface area contributed by atoms with Crippen molar-refractivity contribution in [1.82, 2.24) is 30.0 Å². The van der Waals surface area contributed by atoms with Gasteiger partial charge in [-0.1, -0.05) is 32.1 Å². The number of fused-ring (bicyclic) bond motifs is 2. The molecule has 0 saturated carbocycles. The van der Waals surface area contributed by atoms with E-state index in [2.05, 4.69) is 52.3 Å². The van der Waals surface area contributed by atoms with Crippen molar-refractivity contribution in [2.75, 3.05) is 0 Å². The zero-order valence-corrected chi connectivity index (χ0v) is 13.7. The van der Waals surface area contributed by atoms with Crippen LogP contribution in [0.1, 0.15) is 25.6 Å². The lowest BCUT2D eigenvalue weighted by atomic mass is 9.95. The van der Waals surface area contributed by atoms with Gasteiger partial charge in [0.1, 0.15) is 0 Å². The summed E-state index contributed by atoms with van der Waals surface area (Å²) in [7, 11) is 0. The number of nitrogens with zero attached hydrogens (tertiary/aromatic N) is 5. The van der Waals surface area contributed by atoms with E-state index >= 15 is 0 Å². The average molecular weight is 332 g/mol. The number of hydrogen-bond donors (Lipinski definition) is 1. The predicted octanol–water partition coefficient (Wildman–Crippen LogP) is 2.45. The summed E-state index contributed by atoms with van der Waals surface area (Å²) >= 11 is 3.06. The highest BCUT2D eigenvalue weighted by molar-refractivity contribution is 7.24. The molecule has 0 unspecified atom stereocenters. The quantitative estimate of drug-likeness (QED) is 0.578. The van der Waals surface area contributed by atoms with E-state index in [9.17, 15) is 4.79 Å². The molecule has 0 spiro atoms. The fourth-order valence-electron chi connectivity index (χ4n) is 2.08. The van der Waals surface area contributed by atoms with Crippen LogP contribution in [0.4, 0.5) is 0 Å². The predicted molar refractivity (Wildman–Crippen MR) is 86.6 cm³/mol. The fourth-order valence-corrected chi connectivity index (χ4v) is 4.08. The Bertz CT molecular complexity index is 1050. The SMILES string of the molecule is CC(C)(C)c1ccc(-c2nn3c(=O)c4n[nH]nc4nc3s2)s1. The molecule has 0 radical (unpaired) electrons. The van der Waals surface area contributed by atoms with E-state index in [4.69, 9.17) is 0 Å². The molecule has 112 valence electrons. The van der Waals surface area contributed by atoms with Crippen molar-refractivity contribution < 1.29 is 0 Å². The molecule has 4 aromatic rings. The first kappa shape index (κ1) is 13.5. The molecule has 22 heavy (non-hydrogen) atoms. The fraction of sp³-hybridized carbons (Fsp3) is 0.308. The summed E-state index contributed by atoms with van der Waals surface area (Å²) < 4.78 is 1.29. The highest BCUT2D eigenvalue weighted by Gasteiger charge is 2.19. The van der Waals surface area contributed by atoms with Crippen LogP contribution in [0.5, 0.6) is 0 Å². The van der Waals surface area contributed by atoms with Crippen LogP contribution in [0, 0.1) is 0 Å². The largest absolute Gasteiger partial charge is 0.305 e. The van der Waals surface area contributed by atoms with Crippen LogP contribution in [-0.4, -0.2) is 30.0 Å². The van der Waals surface area contributed by atoms with Crippen molar-refractivity contribution in [1.29, 1.82) is 0 Å². The molecule has 4 heterocycles. The van der Waals surface area contributed by atoms with E-state index < -0.39 is 0 Å². The second-order valence-electron chi connectivity index (χ2n) is 5.93. The molecule has 4 rings (SSSR count). The van der Waals surface area contributed by atoms with Gasteiger partial charge < -0.3 is 0 Å². The third kappa shape index (κ3) is 1.97. The van der Waals surface area contributed by atoms with E-state index in [-0.39, 0.29) is 16.5 Å². The number of rotatable bonds is 1.